The highest BCUT2D eigenvalue weighted by atomic mass is 35.5. The molecule has 0 fully saturated rings. The van der Waals surface area contributed by atoms with Gasteiger partial charge in [0, 0.05) is 31.6 Å². The molecule has 146 valence electrons. The highest BCUT2D eigenvalue weighted by Gasteiger charge is 2.20. The summed E-state index contributed by atoms with van der Waals surface area (Å²) in [6, 6.07) is 10.9. The highest BCUT2D eigenvalue weighted by molar-refractivity contribution is 7.89. The summed E-state index contributed by atoms with van der Waals surface area (Å²) in [4.78, 5) is 14.1. The number of nitrogens with one attached hydrogen (secondary N) is 1. The maximum absolute atomic E-state index is 12.6. The Morgan fingerprint density at radius 2 is 1.63 bits per heavy atom. The van der Waals surface area contributed by atoms with Gasteiger partial charge in [0.2, 0.25) is 15.9 Å². The monoisotopic (exact) mass is 408 g/mol. The van der Waals surface area contributed by atoms with Crippen LogP contribution in [0.2, 0.25) is 5.02 Å². The third-order valence-electron chi connectivity index (χ3n) is 4.26. The van der Waals surface area contributed by atoms with Crippen LogP contribution in [-0.4, -0.2) is 32.8 Å². The molecule has 2 aromatic rings. The van der Waals surface area contributed by atoms with Gasteiger partial charge in [-0.3, -0.25) is 4.79 Å². The number of hydrogen-bond acceptors (Lipinski definition) is 3. The first-order valence-electron chi connectivity index (χ1n) is 8.66. The van der Waals surface area contributed by atoms with Crippen molar-refractivity contribution in [1.82, 2.24) is 9.62 Å². The van der Waals surface area contributed by atoms with Gasteiger partial charge in [-0.25, -0.2) is 13.1 Å². The van der Waals surface area contributed by atoms with E-state index in [-0.39, 0.29) is 23.8 Å². The van der Waals surface area contributed by atoms with Crippen molar-refractivity contribution in [3.05, 3.63) is 63.7 Å². The van der Waals surface area contributed by atoms with Gasteiger partial charge < -0.3 is 4.90 Å². The summed E-state index contributed by atoms with van der Waals surface area (Å²) in [6.07, 6.45) is 0.0906. The van der Waals surface area contributed by atoms with Crippen LogP contribution in [-0.2, 0) is 21.4 Å². The van der Waals surface area contributed by atoms with Crippen molar-refractivity contribution < 1.29 is 13.2 Å². The zero-order valence-electron chi connectivity index (χ0n) is 16.0. The maximum Gasteiger partial charge on any atom is 0.241 e. The average Bonchev–Trinajstić information content (AvgIpc) is 2.55. The van der Waals surface area contributed by atoms with Crippen molar-refractivity contribution in [2.45, 2.75) is 38.6 Å². The zero-order valence-corrected chi connectivity index (χ0v) is 17.6. The van der Waals surface area contributed by atoms with Crippen LogP contribution in [0.1, 0.15) is 28.7 Å². The topological polar surface area (TPSA) is 66.5 Å². The predicted octanol–water partition coefficient (Wildman–Crippen LogP) is 3.59. The Bertz CT molecular complexity index is 902. The highest BCUT2D eigenvalue weighted by Crippen LogP contribution is 2.21. The van der Waals surface area contributed by atoms with Crippen molar-refractivity contribution in [1.29, 1.82) is 0 Å². The van der Waals surface area contributed by atoms with Gasteiger partial charge in [0.1, 0.15) is 0 Å². The minimum absolute atomic E-state index is 0.0544. The number of nitrogens with zero attached hydrogens (tertiary/aromatic N) is 1. The van der Waals surface area contributed by atoms with Crippen LogP contribution in [0.4, 0.5) is 0 Å². The van der Waals surface area contributed by atoms with Gasteiger partial charge in [-0.1, -0.05) is 41.4 Å². The Labute approximate surface area is 166 Å². The molecule has 0 radical (unpaired) electrons. The number of rotatable bonds is 7. The summed E-state index contributed by atoms with van der Waals surface area (Å²) in [7, 11) is -1.96. The molecule has 0 spiro atoms. The summed E-state index contributed by atoms with van der Waals surface area (Å²) < 4.78 is 27.8. The lowest BCUT2D eigenvalue weighted by atomic mass is 10.1. The quantitative estimate of drug-likeness (QED) is 0.761. The Balaban J connectivity index is 1.94. The van der Waals surface area contributed by atoms with Crippen LogP contribution < -0.4 is 4.72 Å². The largest absolute Gasteiger partial charge is 0.341 e. The van der Waals surface area contributed by atoms with Crippen molar-refractivity contribution in [2.75, 3.05) is 13.6 Å². The van der Waals surface area contributed by atoms with E-state index in [1.807, 2.05) is 31.2 Å². The normalized spacial score (nSPS) is 11.4. The predicted molar refractivity (Wildman–Crippen MR) is 108 cm³/mol. The van der Waals surface area contributed by atoms with E-state index in [0.717, 1.165) is 11.1 Å². The smallest absolute Gasteiger partial charge is 0.241 e. The van der Waals surface area contributed by atoms with Gasteiger partial charge in [-0.2, -0.15) is 0 Å². The molecule has 2 rings (SSSR count). The van der Waals surface area contributed by atoms with Gasteiger partial charge in [0.15, 0.2) is 0 Å². The minimum Gasteiger partial charge on any atom is -0.341 e. The molecular formula is C20H25ClN2O3S. The summed E-state index contributed by atoms with van der Waals surface area (Å²) >= 11 is 5.86. The molecule has 1 amide bonds. The van der Waals surface area contributed by atoms with Crippen LogP contribution in [0.15, 0.2) is 41.3 Å². The van der Waals surface area contributed by atoms with Crippen LogP contribution in [0.25, 0.3) is 0 Å². The van der Waals surface area contributed by atoms with Gasteiger partial charge in [0.25, 0.3) is 0 Å². The first-order chi connectivity index (χ1) is 12.6. The molecule has 0 atom stereocenters. The molecule has 0 heterocycles. The number of amides is 1. The van der Waals surface area contributed by atoms with E-state index in [1.165, 1.54) is 0 Å². The molecule has 0 saturated carbocycles. The molecule has 0 unspecified atom stereocenters. The standard InChI is InChI=1S/C20H25ClN2O3S/c1-14-11-15(2)20(16(3)12-14)27(25,26)22-10-9-19(24)23(4)13-17-5-7-18(21)8-6-17/h5-8,11-12,22H,9-10,13H2,1-4H3. The Hall–Kier alpha value is -1.89. The van der Waals surface area contributed by atoms with Crippen molar-refractivity contribution in [3.63, 3.8) is 0 Å². The third kappa shape index (κ3) is 5.79. The van der Waals surface area contributed by atoms with Crippen molar-refractivity contribution in [3.8, 4) is 0 Å². The van der Waals surface area contributed by atoms with E-state index >= 15 is 0 Å². The van der Waals surface area contributed by atoms with E-state index in [1.54, 1.807) is 37.9 Å². The molecule has 0 aliphatic rings. The van der Waals surface area contributed by atoms with Crippen LogP contribution in [0.5, 0.6) is 0 Å². The lowest BCUT2D eigenvalue weighted by Gasteiger charge is -2.18. The van der Waals surface area contributed by atoms with E-state index in [9.17, 15) is 13.2 Å². The van der Waals surface area contributed by atoms with Crippen LogP contribution in [0, 0.1) is 20.8 Å². The van der Waals surface area contributed by atoms with Crippen molar-refractivity contribution in [2.24, 2.45) is 0 Å². The van der Waals surface area contributed by atoms with E-state index in [4.69, 9.17) is 11.6 Å². The van der Waals surface area contributed by atoms with Gasteiger partial charge in [-0.15, -0.1) is 0 Å². The molecule has 0 saturated heterocycles. The average molecular weight is 409 g/mol. The fourth-order valence-electron chi connectivity index (χ4n) is 3.10. The van der Waals surface area contributed by atoms with E-state index in [0.29, 0.717) is 22.7 Å². The molecule has 0 aromatic heterocycles. The molecule has 7 heteroatoms. The van der Waals surface area contributed by atoms with Crippen LogP contribution in [0.3, 0.4) is 0 Å². The van der Waals surface area contributed by atoms with Crippen LogP contribution >= 0.6 is 11.6 Å². The number of carbonyl (C=O) groups excluding carboxylic acids is 1. The Kier molecular flexibility index (Phi) is 7.03. The summed E-state index contributed by atoms with van der Waals surface area (Å²) in [5, 5.41) is 0.642. The molecule has 5 nitrogen and oxygen atoms in total. The van der Waals surface area contributed by atoms with Gasteiger partial charge in [-0.05, 0) is 49.6 Å². The second kappa shape index (κ2) is 8.87. The minimum atomic E-state index is -3.66. The van der Waals surface area contributed by atoms with Gasteiger partial charge in [0.05, 0.1) is 4.90 Å². The Morgan fingerprint density at radius 1 is 1.07 bits per heavy atom. The van der Waals surface area contributed by atoms with Gasteiger partial charge >= 0.3 is 0 Å². The first-order valence-corrected chi connectivity index (χ1v) is 10.5. The second-order valence-electron chi connectivity index (χ2n) is 6.75. The van der Waals surface area contributed by atoms with E-state index < -0.39 is 10.0 Å². The maximum atomic E-state index is 12.6. The number of halogens is 1. The molecular weight excluding hydrogens is 384 g/mol. The molecule has 0 aliphatic carbocycles. The molecule has 1 N–H and O–H groups in total. The SMILES string of the molecule is Cc1cc(C)c(S(=O)(=O)NCCC(=O)N(C)Cc2ccc(Cl)cc2)c(C)c1. The summed E-state index contributed by atoms with van der Waals surface area (Å²) in [6.45, 7) is 5.98. The first kappa shape index (κ1) is 21.4. The second-order valence-corrected chi connectivity index (χ2v) is 8.89. The number of hydrogen-bond donors (Lipinski definition) is 1. The molecule has 2 aromatic carbocycles. The summed E-state index contributed by atoms with van der Waals surface area (Å²) in [5.74, 6) is -0.134. The number of sulfonamides is 1. The Morgan fingerprint density at radius 3 is 2.19 bits per heavy atom. The molecule has 0 bridgehead atoms. The number of benzene rings is 2. The molecule has 0 aliphatic heterocycles. The third-order valence-corrected chi connectivity index (χ3v) is 6.28. The number of carbonyl (C=O) groups is 1. The zero-order chi connectivity index (χ0) is 20.2. The fourth-order valence-corrected chi connectivity index (χ4v) is 4.70. The lowest BCUT2D eigenvalue weighted by molar-refractivity contribution is -0.130. The number of aryl methyl sites for hydroxylation is 3. The van der Waals surface area contributed by atoms with Crippen molar-refractivity contribution >= 4 is 27.5 Å². The molecule has 27 heavy (non-hydrogen) atoms. The summed E-state index contributed by atoms with van der Waals surface area (Å²) in [5.41, 5.74) is 3.38. The lowest BCUT2D eigenvalue weighted by Crippen LogP contribution is -2.32. The van der Waals surface area contributed by atoms with E-state index in [2.05, 4.69) is 4.72 Å². The fraction of sp³-hybridized carbons (Fsp3) is 0.350.